The molecule has 0 unspecified atom stereocenters. The van der Waals surface area contributed by atoms with Crippen molar-refractivity contribution in [3.8, 4) is 11.0 Å². The predicted octanol–water partition coefficient (Wildman–Crippen LogP) is -0.0810. The summed E-state index contributed by atoms with van der Waals surface area (Å²) in [6, 6.07) is 9.35. The molecule has 0 atom stereocenters. The highest BCUT2D eigenvalue weighted by molar-refractivity contribution is 7.88. The highest BCUT2D eigenvalue weighted by Gasteiger charge is 2.11. The van der Waals surface area contributed by atoms with Crippen molar-refractivity contribution in [3.05, 3.63) is 30.3 Å². The molecule has 0 saturated carbocycles. The molecular weight excluding hydrogens is 254 g/mol. The number of aromatic nitrogens is 4. The number of hydrogen-bond donors (Lipinski definition) is 3. The second-order valence-electron chi connectivity index (χ2n) is 3.56. The maximum atomic E-state index is 9.04. The Morgan fingerprint density at radius 1 is 1.33 bits per heavy atom. The van der Waals surface area contributed by atoms with Gasteiger partial charge >= 0.3 is 0 Å². The van der Waals surface area contributed by atoms with E-state index in [9.17, 15) is 0 Å². The number of rotatable bonds is 2. The predicted molar refractivity (Wildman–Crippen MR) is 64.9 cm³/mol. The molecular formula is C10H11N5O2S. The summed E-state index contributed by atoms with van der Waals surface area (Å²) in [6.07, 6.45) is 0. The van der Waals surface area contributed by atoms with Crippen molar-refractivity contribution in [3.63, 3.8) is 0 Å². The van der Waals surface area contributed by atoms with E-state index in [0.717, 1.165) is 16.9 Å². The molecule has 0 bridgehead atoms. The molecule has 1 aromatic carbocycles. The summed E-state index contributed by atoms with van der Waals surface area (Å²) >= 11 is 1.02. The Bertz CT molecular complexity index is 582. The molecule has 2 aromatic rings. The first-order valence-electron chi connectivity index (χ1n) is 5.04. The van der Waals surface area contributed by atoms with Crippen LogP contribution in [0.4, 0.5) is 0 Å². The molecule has 94 valence electrons. The molecule has 0 radical (unpaired) electrons. The number of aliphatic hydroxyl groups is 2. The molecule has 1 heterocycles. The molecule has 3 N–H and O–H groups in total. The van der Waals surface area contributed by atoms with Gasteiger partial charge in [0, 0.05) is 12.2 Å². The summed E-state index contributed by atoms with van der Waals surface area (Å²) in [5.41, 5.74) is 0.808. The third-order valence-electron chi connectivity index (χ3n) is 1.87. The van der Waals surface area contributed by atoms with E-state index in [0.29, 0.717) is 5.16 Å². The Hall–Kier alpha value is -1.83. The quantitative estimate of drug-likeness (QED) is 0.519. The summed E-state index contributed by atoms with van der Waals surface area (Å²) < 4.78 is 1.52. The molecule has 8 heteroatoms. The first kappa shape index (κ1) is 12.6. The van der Waals surface area contributed by atoms with Crippen molar-refractivity contribution < 1.29 is 10.2 Å². The van der Waals surface area contributed by atoms with Crippen molar-refractivity contribution in [2.24, 2.45) is 0 Å². The third-order valence-corrected chi connectivity index (χ3v) is 2.51. The number of hydrogen-bond acceptors (Lipinski definition) is 6. The molecule has 0 aliphatic heterocycles. The first-order valence-corrected chi connectivity index (χ1v) is 5.85. The van der Waals surface area contributed by atoms with Crippen molar-refractivity contribution >= 4 is 11.2 Å². The van der Waals surface area contributed by atoms with Gasteiger partial charge in [0.1, 0.15) is 0 Å². The monoisotopic (exact) mass is 265 g/mol. The summed E-state index contributed by atoms with van der Waals surface area (Å²) in [7, 11) is 0. The van der Waals surface area contributed by atoms with E-state index in [1.54, 1.807) is 0 Å². The lowest BCUT2D eigenvalue weighted by Crippen LogP contribution is -2.38. The second-order valence-corrected chi connectivity index (χ2v) is 4.33. The fourth-order valence-electron chi connectivity index (χ4n) is 1.14. The van der Waals surface area contributed by atoms with Gasteiger partial charge in [0.25, 0.3) is 0 Å². The Morgan fingerprint density at radius 2 is 2.06 bits per heavy atom. The van der Waals surface area contributed by atoms with Crippen LogP contribution in [0.3, 0.4) is 0 Å². The maximum Gasteiger partial charge on any atom is 0.243 e. The lowest BCUT2D eigenvalue weighted by atomic mass is 10.3. The van der Waals surface area contributed by atoms with Crippen molar-refractivity contribution in [1.29, 1.82) is 0 Å². The zero-order valence-corrected chi connectivity index (χ0v) is 10.3. The van der Waals surface area contributed by atoms with Gasteiger partial charge in [-0.2, -0.15) is 10.00 Å². The average molecular weight is 265 g/mol. The van der Waals surface area contributed by atoms with Gasteiger partial charge in [-0.25, -0.2) is 0 Å². The van der Waals surface area contributed by atoms with Crippen LogP contribution < -0.4 is 5.32 Å². The van der Waals surface area contributed by atoms with E-state index in [1.165, 1.54) is 11.6 Å². The number of nitrogens with one attached hydrogen (secondary N) is 1. The van der Waals surface area contributed by atoms with E-state index in [4.69, 9.17) is 10.2 Å². The molecule has 2 rings (SSSR count). The Morgan fingerprint density at radius 3 is 2.72 bits per heavy atom. The Labute approximate surface area is 107 Å². The highest BCUT2D eigenvalue weighted by Crippen LogP contribution is 2.10. The average Bonchev–Trinajstić information content (AvgIpc) is 2.77. The highest BCUT2D eigenvalue weighted by atomic mass is 32.1. The van der Waals surface area contributed by atoms with Crippen LogP contribution in [0.5, 0.6) is 0 Å². The minimum absolute atomic E-state index is 0.456. The molecule has 7 nitrogen and oxygen atoms in total. The lowest BCUT2D eigenvalue weighted by Gasteiger charge is -2.11. The first-order chi connectivity index (χ1) is 8.56. The van der Waals surface area contributed by atoms with Crippen LogP contribution in [0.1, 0.15) is 6.92 Å². The minimum Gasteiger partial charge on any atom is -0.353 e. The van der Waals surface area contributed by atoms with Gasteiger partial charge in [-0.1, -0.05) is 23.3 Å². The summed E-state index contributed by atoms with van der Waals surface area (Å²) in [5, 5.41) is 34.6. The fraction of sp³-hybridized carbons (Fsp3) is 0.200. The van der Waals surface area contributed by atoms with Crippen LogP contribution in [0.2, 0.25) is 0 Å². The topological polar surface area (TPSA) is 96.1 Å². The van der Waals surface area contributed by atoms with Gasteiger partial charge in [-0.15, -0.1) is 0 Å². The molecule has 0 amide bonds. The van der Waals surface area contributed by atoms with Crippen LogP contribution in [0.15, 0.2) is 35.5 Å². The SMILES string of the molecule is CC(O)(O)NC#Sc1nnnn1-c1ccccc1. The van der Waals surface area contributed by atoms with Gasteiger partial charge < -0.3 is 10.2 Å². The summed E-state index contributed by atoms with van der Waals surface area (Å²) in [4.78, 5) is 0. The minimum atomic E-state index is -2.02. The number of tetrazole rings is 1. The summed E-state index contributed by atoms with van der Waals surface area (Å²) in [6.45, 7) is 1.18. The van der Waals surface area contributed by atoms with Crippen LogP contribution in [0, 0.1) is 5.31 Å². The van der Waals surface area contributed by atoms with Gasteiger partial charge in [0.2, 0.25) is 11.1 Å². The van der Waals surface area contributed by atoms with E-state index in [-0.39, 0.29) is 0 Å². The van der Waals surface area contributed by atoms with Crippen molar-refractivity contribution in [1.82, 2.24) is 25.5 Å². The molecule has 1 aromatic heterocycles. The lowest BCUT2D eigenvalue weighted by molar-refractivity contribution is -0.158. The zero-order valence-electron chi connectivity index (χ0n) is 9.48. The van der Waals surface area contributed by atoms with Crippen LogP contribution >= 0.6 is 11.2 Å². The molecule has 0 aliphatic rings. The smallest absolute Gasteiger partial charge is 0.243 e. The summed E-state index contributed by atoms with van der Waals surface area (Å²) in [5.74, 6) is -2.02. The standard InChI is InChI=1S/C10H11N5O2S/c1-10(16,17)11-7-18-9-12-13-14-15(9)8-5-3-2-4-6-8/h2-6,11,16-17H,1H3. The number of para-hydroxylation sites is 1. The number of nitrogens with zero attached hydrogens (tertiary/aromatic N) is 4. The van der Waals surface area contributed by atoms with Gasteiger partial charge in [0.05, 0.1) is 5.69 Å². The molecule has 0 aliphatic carbocycles. The second kappa shape index (κ2) is 5.21. The van der Waals surface area contributed by atoms with E-state index >= 15 is 0 Å². The van der Waals surface area contributed by atoms with E-state index in [2.05, 4.69) is 26.2 Å². The molecule has 0 saturated heterocycles. The third kappa shape index (κ3) is 3.33. The van der Waals surface area contributed by atoms with Crippen LogP contribution in [-0.2, 0) is 0 Å². The van der Waals surface area contributed by atoms with Gasteiger partial charge in [-0.3, -0.25) is 0 Å². The largest absolute Gasteiger partial charge is 0.353 e. The van der Waals surface area contributed by atoms with Crippen LogP contribution in [-0.4, -0.2) is 36.3 Å². The fourth-order valence-corrected chi connectivity index (χ4v) is 1.78. The van der Waals surface area contributed by atoms with Gasteiger partial charge in [-0.05, 0) is 33.7 Å². The van der Waals surface area contributed by atoms with E-state index in [1.807, 2.05) is 30.3 Å². The van der Waals surface area contributed by atoms with Crippen LogP contribution in [0.25, 0.3) is 5.69 Å². The van der Waals surface area contributed by atoms with Crippen molar-refractivity contribution in [2.45, 2.75) is 18.0 Å². The zero-order chi connectivity index (χ0) is 13.0. The van der Waals surface area contributed by atoms with Gasteiger partial charge in [0.15, 0.2) is 0 Å². The number of benzene rings is 1. The Balaban J connectivity index is 2.24. The van der Waals surface area contributed by atoms with Crippen molar-refractivity contribution in [2.75, 3.05) is 0 Å². The maximum absolute atomic E-state index is 9.04. The molecule has 0 spiro atoms. The van der Waals surface area contributed by atoms with E-state index < -0.39 is 5.91 Å². The molecule has 0 fully saturated rings. The molecule has 18 heavy (non-hydrogen) atoms. The normalized spacial score (nSPS) is 11.1. The Kier molecular flexibility index (Phi) is 3.66.